The molecule has 1 aromatic heterocycles. The van der Waals surface area contributed by atoms with Gasteiger partial charge in [-0.05, 0) is 44.1 Å². The van der Waals surface area contributed by atoms with Gasteiger partial charge in [0.1, 0.15) is 22.8 Å². The van der Waals surface area contributed by atoms with Crippen LogP contribution in [0.2, 0.25) is 0 Å². The summed E-state index contributed by atoms with van der Waals surface area (Å²) in [4.78, 5) is 19.7. The number of phenols is 1. The molecule has 1 aromatic carbocycles. The quantitative estimate of drug-likeness (QED) is 0.0875. The van der Waals surface area contributed by atoms with Crippen molar-refractivity contribution in [2.45, 2.75) is 40.8 Å². The Bertz CT molecular complexity index is 1300. The number of benzene rings is 1. The Morgan fingerprint density at radius 3 is 2.49 bits per heavy atom. The molecule has 1 heterocycles. The second kappa shape index (κ2) is 14.3. The Hall–Kier alpha value is -4.66. The average Bonchev–Trinajstić information content (AvgIpc) is 2.91. The number of ether oxygens (including phenoxy) is 1. The number of allylic oxidation sites excluding steroid dienone is 2. The Morgan fingerprint density at radius 1 is 1.31 bits per heavy atom. The lowest BCUT2D eigenvalue weighted by Gasteiger charge is -2.19. The van der Waals surface area contributed by atoms with E-state index < -0.39 is 23.5 Å². The van der Waals surface area contributed by atoms with Crippen LogP contribution in [0.3, 0.4) is 0 Å². The standard InChI is InChI=1S/C25H27F3N6O3.C2H6/c1-7-13(3)15(5)18(11-19(29)37-6)32-24-30-12-16(25(26,27)28)23(34-24)31-17-10-9-14(4)22(36)21(17)33-20(35)8-2;1-2/h1,8-13,36H,2,29H2,3-6H3,(H,33,35)(H2,30,31,32,34);1-2H3/b18-15+,19-11+;. The van der Waals surface area contributed by atoms with Crippen LogP contribution in [0, 0.1) is 25.2 Å². The van der Waals surface area contributed by atoms with Gasteiger partial charge in [-0.1, -0.05) is 32.4 Å². The summed E-state index contributed by atoms with van der Waals surface area (Å²) in [5.41, 5.74) is 5.69. The van der Waals surface area contributed by atoms with Crippen molar-refractivity contribution in [3.05, 3.63) is 65.3 Å². The van der Waals surface area contributed by atoms with Crippen molar-refractivity contribution in [3.63, 3.8) is 0 Å². The van der Waals surface area contributed by atoms with Crippen molar-refractivity contribution in [3.8, 4) is 18.1 Å². The van der Waals surface area contributed by atoms with Gasteiger partial charge in [-0.3, -0.25) is 4.79 Å². The lowest BCUT2D eigenvalue weighted by atomic mass is 10.0. The smallest absolute Gasteiger partial charge is 0.421 e. The molecule has 9 nitrogen and oxygen atoms in total. The van der Waals surface area contributed by atoms with Crippen LogP contribution in [0.25, 0.3) is 0 Å². The second-order valence-corrected chi connectivity index (χ2v) is 7.79. The number of phenolic OH excluding ortho intramolecular Hbond substituents is 1. The molecule has 0 aliphatic rings. The number of carbonyl (C=O) groups excluding carboxylic acids is 1. The molecule has 6 N–H and O–H groups in total. The van der Waals surface area contributed by atoms with Gasteiger partial charge in [-0.2, -0.15) is 18.2 Å². The molecule has 0 bridgehead atoms. The van der Waals surface area contributed by atoms with E-state index in [0.717, 1.165) is 6.08 Å². The number of aromatic nitrogens is 2. The minimum Gasteiger partial charge on any atom is -0.505 e. The number of anilines is 4. The van der Waals surface area contributed by atoms with E-state index in [1.165, 1.54) is 25.3 Å². The summed E-state index contributed by atoms with van der Waals surface area (Å²) in [6.07, 6.45) is 3.62. The third-order valence-corrected chi connectivity index (χ3v) is 5.25. The molecule has 2 rings (SSSR count). The SMILES string of the molecule is C#CC(C)/C(C)=C(\C=C(/N)OC)Nc1ncc(C(F)(F)F)c(Nc2ccc(C)c(O)c2NC(=O)C=C)n1.CC. The molecule has 0 radical (unpaired) electrons. The fourth-order valence-electron chi connectivity index (χ4n) is 2.90. The fourth-order valence-corrected chi connectivity index (χ4v) is 2.90. The van der Waals surface area contributed by atoms with E-state index in [2.05, 4.69) is 38.4 Å². The number of nitrogens with one attached hydrogen (secondary N) is 3. The summed E-state index contributed by atoms with van der Waals surface area (Å²) in [6.45, 7) is 12.4. The van der Waals surface area contributed by atoms with Crippen molar-refractivity contribution in [1.29, 1.82) is 0 Å². The summed E-state index contributed by atoms with van der Waals surface area (Å²) >= 11 is 0. The first kappa shape index (κ1) is 32.4. The Labute approximate surface area is 226 Å². The lowest BCUT2D eigenvalue weighted by Crippen LogP contribution is -2.16. The first-order valence-corrected chi connectivity index (χ1v) is 11.7. The van der Waals surface area contributed by atoms with E-state index in [1.807, 2.05) is 13.8 Å². The van der Waals surface area contributed by atoms with E-state index in [-0.39, 0.29) is 34.9 Å². The van der Waals surface area contributed by atoms with Gasteiger partial charge in [0.25, 0.3) is 0 Å². The number of hydrogen-bond donors (Lipinski definition) is 5. The van der Waals surface area contributed by atoms with Gasteiger partial charge in [0.2, 0.25) is 11.9 Å². The molecule has 210 valence electrons. The molecule has 0 aliphatic heterocycles. The van der Waals surface area contributed by atoms with Gasteiger partial charge in [-0.25, -0.2) is 4.98 Å². The number of methoxy groups -OCH3 is 1. The molecule has 39 heavy (non-hydrogen) atoms. The van der Waals surface area contributed by atoms with Gasteiger partial charge in [0, 0.05) is 23.9 Å². The molecule has 12 heteroatoms. The van der Waals surface area contributed by atoms with Crippen molar-refractivity contribution in [1.82, 2.24) is 9.97 Å². The van der Waals surface area contributed by atoms with E-state index in [1.54, 1.807) is 20.8 Å². The summed E-state index contributed by atoms with van der Waals surface area (Å²) in [5, 5.41) is 18.2. The first-order chi connectivity index (χ1) is 18.3. The number of terminal acetylenes is 1. The number of halogens is 3. The number of aromatic hydroxyl groups is 1. The number of hydrogen-bond acceptors (Lipinski definition) is 8. The third-order valence-electron chi connectivity index (χ3n) is 5.25. The molecule has 2 aromatic rings. The van der Waals surface area contributed by atoms with Gasteiger partial charge >= 0.3 is 6.18 Å². The summed E-state index contributed by atoms with van der Waals surface area (Å²) in [7, 11) is 1.35. The zero-order valence-corrected chi connectivity index (χ0v) is 22.6. The fraction of sp³-hybridized carbons (Fsp3) is 0.296. The van der Waals surface area contributed by atoms with Gasteiger partial charge in [0.15, 0.2) is 5.88 Å². The van der Waals surface area contributed by atoms with Crippen LogP contribution >= 0.6 is 0 Å². The zero-order valence-electron chi connectivity index (χ0n) is 22.6. The van der Waals surface area contributed by atoms with Crippen LogP contribution < -0.4 is 21.7 Å². The van der Waals surface area contributed by atoms with Gasteiger partial charge in [0.05, 0.1) is 12.8 Å². The number of nitrogens with zero attached hydrogens (tertiary/aromatic N) is 2. The molecule has 0 fully saturated rings. The summed E-state index contributed by atoms with van der Waals surface area (Å²) < 4.78 is 46.4. The van der Waals surface area contributed by atoms with E-state index in [4.69, 9.17) is 16.9 Å². The number of nitrogens with two attached hydrogens (primary N) is 1. The Balaban J connectivity index is 0.00000371. The number of aryl methyl sites for hydroxylation is 1. The zero-order chi connectivity index (χ0) is 29.9. The highest BCUT2D eigenvalue weighted by Crippen LogP contribution is 2.40. The highest BCUT2D eigenvalue weighted by atomic mass is 19.4. The lowest BCUT2D eigenvalue weighted by molar-refractivity contribution is -0.137. The minimum absolute atomic E-state index is 0.00839. The number of alkyl halides is 3. The van der Waals surface area contributed by atoms with Gasteiger partial charge in [-0.15, -0.1) is 6.42 Å². The monoisotopic (exact) mass is 546 g/mol. The topological polar surface area (TPSA) is 134 Å². The van der Waals surface area contributed by atoms with Crippen LogP contribution in [-0.2, 0) is 15.7 Å². The van der Waals surface area contributed by atoms with Crippen LogP contribution in [-0.4, -0.2) is 28.1 Å². The maximum Gasteiger partial charge on any atom is 0.421 e. The van der Waals surface area contributed by atoms with Crippen molar-refractivity contribution in [2.24, 2.45) is 11.7 Å². The molecule has 0 aliphatic carbocycles. The van der Waals surface area contributed by atoms with Crippen molar-refractivity contribution < 1.29 is 27.8 Å². The van der Waals surface area contributed by atoms with E-state index in [9.17, 15) is 23.1 Å². The maximum absolute atomic E-state index is 13.8. The average molecular weight is 547 g/mol. The van der Waals surface area contributed by atoms with Crippen LogP contribution in [0.5, 0.6) is 5.75 Å². The molecular formula is C27H33F3N6O3. The Kier molecular flexibility index (Phi) is 11.9. The first-order valence-electron chi connectivity index (χ1n) is 11.7. The molecule has 0 spiro atoms. The van der Waals surface area contributed by atoms with E-state index >= 15 is 0 Å². The predicted octanol–water partition coefficient (Wildman–Crippen LogP) is 5.81. The molecular weight excluding hydrogens is 513 g/mol. The normalized spacial score (nSPS) is 12.6. The predicted molar refractivity (Wildman–Crippen MR) is 147 cm³/mol. The number of carbonyl (C=O) groups is 1. The molecule has 0 saturated heterocycles. The largest absolute Gasteiger partial charge is 0.505 e. The molecule has 1 amide bonds. The molecule has 1 atom stereocenters. The highest BCUT2D eigenvalue weighted by molar-refractivity contribution is 6.03. The minimum atomic E-state index is -4.83. The number of rotatable bonds is 9. The molecule has 0 saturated carbocycles. The van der Waals surface area contributed by atoms with Crippen LogP contribution in [0.1, 0.15) is 38.8 Å². The van der Waals surface area contributed by atoms with Crippen molar-refractivity contribution in [2.75, 3.05) is 23.1 Å². The van der Waals surface area contributed by atoms with Crippen LogP contribution in [0.15, 0.2) is 54.2 Å². The second-order valence-electron chi connectivity index (χ2n) is 7.79. The number of amides is 1. The maximum atomic E-state index is 13.8. The summed E-state index contributed by atoms with van der Waals surface area (Å²) in [5.74, 6) is 0.317. The molecule has 1 unspecified atom stereocenters. The third kappa shape index (κ3) is 8.70. The Morgan fingerprint density at radius 2 is 1.95 bits per heavy atom. The van der Waals surface area contributed by atoms with E-state index in [0.29, 0.717) is 23.0 Å². The van der Waals surface area contributed by atoms with Crippen molar-refractivity contribution >= 4 is 29.0 Å². The summed E-state index contributed by atoms with van der Waals surface area (Å²) in [6, 6.07) is 2.84. The van der Waals surface area contributed by atoms with Crippen LogP contribution in [0.4, 0.5) is 36.3 Å². The van der Waals surface area contributed by atoms with Gasteiger partial charge < -0.3 is 31.5 Å². The highest BCUT2D eigenvalue weighted by Gasteiger charge is 2.36.